The van der Waals surface area contributed by atoms with Crippen LogP contribution in [0.3, 0.4) is 0 Å². The van der Waals surface area contributed by atoms with Crippen LogP contribution in [-0.2, 0) is 6.54 Å². The molecule has 0 spiro atoms. The Morgan fingerprint density at radius 1 is 1.24 bits per heavy atom. The van der Waals surface area contributed by atoms with Crippen molar-refractivity contribution in [1.29, 1.82) is 0 Å². The molecule has 0 amide bonds. The van der Waals surface area contributed by atoms with Crippen molar-refractivity contribution in [2.24, 2.45) is 5.92 Å². The van der Waals surface area contributed by atoms with Gasteiger partial charge in [0.05, 0.1) is 11.9 Å². The Morgan fingerprint density at radius 2 is 1.95 bits per heavy atom. The number of piperidine rings is 1. The number of nitrogens with one attached hydrogen (secondary N) is 1. The number of aliphatic hydroxyl groups is 1. The molecule has 1 fully saturated rings. The number of nitrogens with zero attached hydrogens (tertiary/aromatic N) is 2. The van der Waals surface area contributed by atoms with Crippen molar-refractivity contribution < 1.29 is 9.50 Å². The Labute approximate surface area is 123 Å². The van der Waals surface area contributed by atoms with Gasteiger partial charge in [0.15, 0.2) is 0 Å². The highest BCUT2D eigenvalue weighted by molar-refractivity contribution is 5.62. The van der Waals surface area contributed by atoms with Crippen LogP contribution in [0.15, 0.2) is 30.5 Å². The molecule has 0 unspecified atom stereocenters. The molecular formula is C16H20FN3O. The second-order valence-corrected chi connectivity index (χ2v) is 5.68. The molecule has 1 aliphatic rings. The maximum absolute atomic E-state index is 13.0. The molecule has 2 N–H and O–H groups in total. The van der Waals surface area contributed by atoms with Gasteiger partial charge in [-0.05, 0) is 56.1 Å². The molecule has 2 aromatic rings. The smallest absolute Gasteiger partial charge is 0.123 e. The molecule has 1 aliphatic heterocycles. The van der Waals surface area contributed by atoms with E-state index in [1.165, 1.54) is 12.1 Å². The van der Waals surface area contributed by atoms with E-state index in [0.717, 1.165) is 49.3 Å². The maximum Gasteiger partial charge on any atom is 0.123 e. The van der Waals surface area contributed by atoms with E-state index in [1.807, 2.05) is 6.20 Å². The first-order valence-electron chi connectivity index (χ1n) is 7.37. The van der Waals surface area contributed by atoms with E-state index in [9.17, 15) is 9.50 Å². The molecule has 1 aromatic heterocycles. The zero-order valence-electron chi connectivity index (χ0n) is 11.9. The van der Waals surface area contributed by atoms with Crippen LogP contribution in [0, 0.1) is 11.7 Å². The van der Waals surface area contributed by atoms with Gasteiger partial charge < -0.3 is 5.11 Å². The highest BCUT2D eigenvalue weighted by Gasteiger charge is 2.20. The number of aliphatic hydroxyl groups excluding tert-OH is 1. The third-order valence-corrected chi connectivity index (χ3v) is 4.21. The normalized spacial score (nSPS) is 17.2. The van der Waals surface area contributed by atoms with Crippen molar-refractivity contribution in [1.82, 2.24) is 15.1 Å². The summed E-state index contributed by atoms with van der Waals surface area (Å²) in [7, 11) is 0. The van der Waals surface area contributed by atoms with E-state index in [4.69, 9.17) is 0 Å². The topological polar surface area (TPSA) is 52.1 Å². The summed E-state index contributed by atoms with van der Waals surface area (Å²) < 4.78 is 13.0. The number of halogens is 1. The van der Waals surface area contributed by atoms with Crippen LogP contribution >= 0.6 is 0 Å². The summed E-state index contributed by atoms with van der Waals surface area (Å²) in [6, 6.07) is 6.47. The second kappa shape index (κ2) is 6.37. The van der Waals surface area contributed by atoms with Crippen LogP contribution in [0.2, 0.25) is 0 Å². The summed E-state index contributed by atoms with van der Waals surface area (Å²) in [5.41, 5.74) is 3.04. The predicted octanol–water partition coefficient (Wildman–Crippen LogP) is 2.42. The second-order valence-electron chi connectivity index (χ2n) is 5.68. The predicted molar refractivity (Wildman–Crippen MR) is 79.1 cm³/mol. The Balaban J connectivity index is 1.70. The number of hydrogen-bond acceptors (Lipinski definition) is 3. The molecule has 21 heavy (non-hydrogen) atoms. The van der Waals surface area contributed by atoms with Gasteiger partial charge in [-0.15, -0.1) is 0 Å². The largest absolute Gasteiger partial charge is 0.396 e. The molecule has 0 aliphatic carbocycles. The summed E-state index contributed by atoms with van der Waals surface area (Å²) in [6.45, 7) is 3.13. The van der Waals surface area contributed by atoms with Crippen molar-refractivity contribution >= 4 is 0 Å². The lowest BCUT2D eigenvalue weighted by Gasteiger charge is -2.30. The average Bonchev–Trinajstić information content (AvgIpc) is 2.97. The van der Waals surface area contributed by atoms with Crippen molar-refractivity contribution in [3.05, 3.63) is 41.8 Å². The summed E-state index contributed by atoms with van der Waals surface area (Å²) in [5.74, 6) is 0.216. The quantitative estimate of drug-likeness (QED) is 0.909. The van der Waals surface area contributed by atoms with Gasteiger partial charge in [-0.2, -0.15) is 5.10 Å². The van der Waals surface area contributed by atoms with Crippen LogP contribution in [0.25, 0.3) is 11.3 Å². The van der Waals surface area contributed by atoms with Gasteiger partial charge in [-0.3, -0.25) is 10.00 Å². The minimum atomic E-state index is -0.231. The van der Waals surface area contributed by atoms with Crippen LogP contribution in [0.4, 0.5) is 4.39 Å². The number of rotatable bonds is 4. The van der Waals surface area contributed by atoms with E-state index in [1.54, 1.807) is 12.1 Å². The number of benzene rings is 1. The van der Waals surface area contributed by atoms with E-state index < -0.39 is 0 Å². The van der Waals surface area contributed by atoms with Crippen molar-refractivity contribution in [3.8, 4) is 11.3 Å². The van der Waals surface area contributed by atoms with Crippen molar-refractivity contribution in [2.45, 2.75) is 19.4 Å². The van der Waals surface area contributed by atoms with Crippen molar-refractivity contribution in [2.75, 3.05) is 19.7 Å². The van der Waals surface area contributed by atoms with E-state index in [-0.39, 0.29) is 5.82 Å². The third-order valence-electron chi connectivity index (χ3n) is 4.21. The lowest BCUT2D eigenvalue weighted by molar-refractivity contribution is 0.127. The van der Waals surface area contributed by atoms with Crippen LogP contribution < -0.4 is 0 Å². The fourth-order valence-electron chi connectivity index (χ4n) is 2.87. The average molecular weight is 289 g/mol. The Morgan fingerprint density at radius 3 is 2.62 bits per heavy atom. The van der Waals surface area contributed by atoms with Gasteiger partial charge in [0, 0.05) is 24.3 Å². The molecule has 0 atom stereocenters. The maximum atomic E-state index is 13.0. The summed E-state index contributed by atoms with van der Waals surface area (Å²) in [6.07, 6.45) is 3.93. The number of H-pyrrole nitrogens is 1. The molecule has 1 aromatic carbocycles. The monoisotopic (exact) mass is 289 g/mol. The van der Waals surface area contributed by atoms with Crippen molar-refractivity contribution in [3.63, 3.8) is 0 Å². The number of aromatic nitrogens is 2. The molecule has 112 valence electrons. The van der Waals surface area contributed by atoms with Crippen LogP contribution in [-0.4, -0.2) is 39.9 Å². The minimum absolute atomic E-state index is 0.231. The first kappa shape index (κ1) is 14.2. The fraction of sp³-hybridized carbons (Fsp3) is 0.438. The van der Waals surface area contributed by atoms with Gasteiger partial charge in [0.1, 0.15) is 5.82 Å². The van der Waals surface area contributed by atoms with Gasteiger partial charge in [0.25, 0.3) is 0 Å². The molecule has 3 rings (SSSR count). The Bertz CT molecular complexity index is 573. The SMILES string of the molecule is OCC1CCN(Cc2cn[nH]c2-c2ccc(F)cc2)CC1. The molecule has 2 heterocycles. The highest BCUT2D eigenvalue weighted by atomic mass is 19.1. The summed E-state index contributed by atoms with van der Waals surface area (Å²) >= 11 is 0. The minimum Gasteiger partial charge on any atom is -0.396 e. The summed E-state index contributed by atoms with van der Waals surface area (Å²) in [5, 5.41) is 16.3. The zero-order valence-corrected chi connectivity index (χ0v) is 11.9. The molecular weight excluding hydrogens is 269 g/mol. The van der Waals surface area contributed by atoms with Gasteiger partial charge in [0.2, 0.25) is 0 Å². The molecule has 4 nitrogen and oxygen atoms in total. The molecule has 0 bridgehead atoms. The zero-order chi connectivity index (χ0) is 14.7. The standard InChI is InChI=1S/C16H20FN3O/c17-15-3-1-13(2-4-15)16-14(9-18-19-16)10-20-7-5-12(11-21)6-8-20/h1-4,9,12,21H,5-8,10-11H2,(H,18,19). The van der Waals surface area contributed by atoms with E-state index in [0.29, 0.717) is 12.5 Å². The highest BCUT2D eigenvalue weighted by Crippen LogP contribution is 2.24. The van der Waals surface area contributed by atoms with Crippen LogP contribution in [0.1, 0.15) is 18.4 Å². The molecule has 0 radical (unpaired) electrons. The van der Waals surface area contributed by atoms with E-state index in [2.05, 4.69) is 15.1 Å². The number of likely N-dealkylation sites (tertiary alicyclic amines) is 1. The summed E-state index contributed by atoms with van der Waals surface area (Å²) in [4.78, 5) is 2.38. The lowest BCUT2D eigenvalue weighted by Crippen LogP contribution is -2.34. The third kappa shape index (κ3) is 3.31. The Hall–Kier alpha value is -1.72. The van der Waals surface area contributed by atoms with Crippen LogP contribution in [0.5, 0.6) is 0 Å². The number of aromatic amines is 1. The first-order chi connectivity index (χ1) is 10.3. The lowest BCUT2D eigenvalue weighted by atomic mass is 9.97. The molecule has 1 saturated heterocycles. The molecule has 5 heteroatoms. The van der Waals surface area contributed by atoms with Gasteiger partial charge in [-0.25, -0.2) is 4.39 Å². The fourth-order valence-corrected chi connectivity index (χ4v) is 2.87. The molecule has 0 saturated carbocycles. The van der Waals surface area contributed by atoms with Gasteiger partial charge in [-0.1, -0.05) is 0 Å². The van der Waals surface area contributed by atoms with E-state index >= 15 is 0 Å². The Kier molecular flexibility index (Phi) is 4.31. The first-order valence-corrected chi connectivity index (χ1v) is 7.37. The van der Waals surface area contributed by atoms with Gasteiger partial charge >= 0.3 is 0 Å². The number of hydrogen-bond donors (Lipinski definition) is 2.